The average molecular weight is 485 g/mol. The van der Waals surface area contributed by atoms with Gasteiger partial charge in [-0.3, -0.25) is 4.90 Å². The van der Waals surface area contributed by atoms with Gasteiger partial charge in [0.05, 0.1) is 25.3 Å². The molecule has 0 aliphatic carbocycles. The lowest BCUT2D eigenvalue weighted by atomic mass is 9.94. The van der Waals surface area contributed by atoms with Gasteiger partial charge in [0.2, 0.25) is 5.82 Å². The van der Waals surface area contributed by atoms with Crippen LogP contribution in [0, 0.1) is 12.7 Å². The van der Waals surface area contributed by atoms with E-state index < -0.39 is 11.9 Å². The maximum absolute atomic E-state index is 14.3. The topological polar surface area (TPSA) is 80.5 Å². The lowest BCUT2D eigenvalue weighted by Gasteiger charge is -2.35. The van der Waals surface area contributed by atoms with Gasteiger partial charge in [0.25, 0.3) is 5.89 Å². The zero-order valence-electron chi connectivity index (χ0n) is 20.2. The second-order valence-corrected chi connectivity index (χ2v) is 8.58. The second kappa shape index (κ2) is 9.65. The molecular weight excluding hydrogens is 459 g/mol. The van der Waals surface area contributed by atoms with Crippen LogP contribution in [0.15, 0.2) is 83.0 Å². The lowest BCUT2D eigenvalue weighted by Crippen LogP contribution is -2.45. The molecule has 7 nitrogen and oxygen atoms in total. The molecule has 2 heterocycles. The molecule has 0 radical (unpaired) electrons. The summed E-state index contributed by atoms with van der Waals surface area (Å²) in [6.07, 6.45) is 0. The van der Waals surface area contributed by atoms with Crippen LogP contribution in [0.4, 0.5) is 9.18 Å². The summed E-state index contributed by atoms with van der Waals surface area (Å²) in [6, 6.07) is 21.3. The van der Waals surface area contributed by atoms with Gasteiger partial charge < -0.3 is 14.6 Å². The summed E-state index contributed by atoms with van der Waals surface area (Å²) in [7, 11) is 1.41. The summed E-state index contributed by atoms with van der Waals surface area (Å²) >= 11 is 0. The van der Waals surface area contributed by atoms with Crippen molar-refractivity contribution in [3.63, 3.8) is 0 Å². The number of methoxy groups -OCH3 is 1. The molecule has 0 saturated heterocycles. The fourth-order valence-corrected chi connectivity index (χ4v) is 4.36. The molecule has 0 saturated carbocycles. The van der Waals surface area contributed by atoms with Crippen molar-refractivity contribution in [2.45, 2.75) is 26.4 Å². The molecule has 3 aromatic carbocycles. The number of nitrogens with zero attached hydrogens (tertiary/aromatic N) is 3. The first-order valence-corrected chi connectivity index (χ1v) is 11.5. The molecule has 0 fully saturated rings. The fourth-order valence-electron chi connectivity index (χ4n) is 4.36. The van der Waals surface area contributed by atoms with Crippen molar-refractivity contribution in [2.75, 3.05) is 7.11 Å². The number of allylic oxidation sites excluding steroid dienone is 1. The van der Waals surface area contributed by atoms with E-state index in [4.69, 9.17) is 9.26 Å². The van der Waals surface area contributed by atoms with E-state index in [-0.39, 0.29) is 23.5 Å². The van der Waals surface area contributed by atoms with Crippen molar-refractivity contribution in [1.82, 2.24) is 20.4 Å². The Morgan fingerprint density at radius 2 is 1.81 bits per heavy atom. The number of carbonyl (C=O) groups is 1. The van der Waals surface area contributed by atoms with E-state index in [9.17, 15) is 9.18 Å². The first-order chi connectivity index (χ1) is 17.5. The summed E-state index contributed by atoms with van der Waals surface area (Å²) in [4.78, 5) is 19.5. The zero-order chi connectivity index (χ0) is 25.2. The number of halogens is 1. The molecule has 2 amide bonds. The predicted octanol–water partition coefficient (Wildman–Crippen LogP) is 5.89. The van der Waals surface area contributed by atoms with Gasteiger partial charge in [-0.25, -0.2) is 9.18 Å². The lowest BCUT2D eigenvalue weighted by molar-refractivity contribution is 0.203. The van der Waals surface area contributed by atoms with E-state index in [0.29, 0.717) is 23.4 Å². The number of hydrogen-bond donors (Lipinski definition) is 1. The van der Waals surface area contributed by atoms with E-state index in [1.165, 1.54) is 19.2 Å². The normalized spacial score (nSPS) is 15.7. The zero-order valence-corrected chi connectivity index (χ0v) is 20.2. The Morgan fingerprint density at radius 1 is 1.06 bits per heavy atom. The number of amides is 2. The molecule has 5 rings (SSSR count). The number of nitrogens with one attached hydrogen (secondary N) is 1. The number of aromatic nitrogens is 2. The smallest absolute Gasteiger partial charge is 0.322 e. The molecular formula is C28H25FN4O3. The molecule has 36 heavy (non-hydrogen) atoms. The molecule has 1 aromatic heterocycles. The van der Waals surface area contributed by atoms with Crippen LogP contribution in [-0.2, 0) is 6.54 Å². The predicted molar refractivity (Wildman–Crippen MR) is 133 cm³/mol. The van der Waals surface area contributed by atoms with Crippen LogP contribution in [0.3, 0.4) is 0 Å². The van der Waals surface area contributed by atoms with Gasteiger partial charge in [-0.1, -0.05) is 59.8 Å². The van der Waals surface area contributed by atoms with Gasteiger partial charge in [0, 0.05) is 11.3 Å². The van der Waals surface area contributed by atoms with Crippen LogP contribution in [0.5, 0.6) is 5.75 Å². The third kappa shape index (κ3) is 4.33. The van der Waals surface area contributed by atoms with Gasteiger partial charge >= 0.3 is 6.03 Å². The number of urea groups is 1. The molecule has 8 heteroatoms. The maximum atomic E-state index is 14.3. The third-order valence-electron chi connectivity index (χ3n) is 6.39. The molecule has 1 N–H and O–H groups in total. The van der Waals surface area contributed by atoms with Crippen LogP contribution in [0.2, 0.25) is 0 Å². The Labute approximate surface area is 208 Å². The van der Waals surface area contributed by atoms with E-state index in [0.717, 1.165) is 16.7 Å². The monoisotopic (exact) mass is 484 g/mol. The summed E-state index contributed by atoms with van der Waals surface area (Å²) in [6.45, 7) is 4.28. The Balaban J connectivity index is 1.59. The van der Waals surface area contributed by atoms with Gasteiger partial charge in [0.1, 0.15) is 0 Å². The SMILES string of the molecule is COc1ccc(-c2noc(C3=C(C)N(Cc4ccccc4C)C(=O)NC3c3ccccc3)n2)cc1F. The second-order valence-electron chi connectivity index (χ2n) is 8.58. The highest BCUT2D eigenvalue weighted by Gasteiger charge is 2.36. The summed E-state index contributed by atoms with van der Waals surface area (Å²) in [5.74, 6) is 0.101. The minimum Gasteiger partial charge on any atom is -0.494 e. The first kappa shape index (κ1) is 23.3. The van der Waals surface area contributed by atoms with Crippen molar-refractivity contribution in [2.24, 2.45) is 0 Å². The van der Waals surface area contributed by atoms with Crippen LogP contribution in [0.25, 0.3) is 17.0 Å². The molecule has 4 aromatic rings. The van der Waals surface area contributed by atoms with Crippen molar-refractivity contribution in [1.29, 1.82) is 0 Å². The summed E-state index contributed by atoms with van der Waals surface area (Å²) < 4.78 is 25.0. The molecule has 1 aliphatic rings. The molecule has 1 atom stereocenters. The van der Waals surface area contributed by atoms with Gasteiger partial charge in [-0.2, -0.15) is 4.98 Å². The van der Waals surface area contributed by atoms with Gasteiger partial charge in [-0.15, -0.1) is 0 Å². The number of aryl methyl sites for hydroxylation is 1. The number of ether oxygens (including phenoxy) is 1. The fraction of sp³-hybridized carbons (Fsp3) is 0.179. The highest BCUT2D eigenvalue weighted by Crippen LogP contribution is 2.38. The van der Waals surface area contributed by atoms with E-state index in [2.05, 4.69) is 15.5 Å². The minimum absolute atomic E-state index is 0.131. The number of hydrogen-bond acceptors (Lipinski definition) is 5. The molecule has 1 aliphatic heterocycles. The molecule has 1 unspecified atom stereocenters. The Kier molecular flexibility index (Phi) is 6.25. The molecule has 0 spiro atoms. The van der Waals surface area contributed by atoms with Crippen molar-refractivity contribution < 1.29 is 18.4 Å². The average Bonchev–Trinajstić information content (AvgIpc) is 3.37. The molecule has 0 bridgehead atoms. The molecule has 182 valence electrons. The summed E-state index contributed by atoms with van der Waals surface area (Å²) in [5, 5.41) is 7.20. The third-order valence-corrected chi connectivity index (χ3v) is 6.39. The van der Waals surface area contributed by atoms with Gasteiger partial charge in [-0.05, 0) is 48.7 Å². The highest BCUT2D eigenvalue weighted by molar-refractivity contribution is 5.87. The first-order valence-electron chi connectivity index (χ1n) is 11.5. The Morgan fingerprint density at radius 3 is 2.53 bits per heavy atom. The Bertz CT molecular complexity index is 1450. The number of benzene rings is 3. The minimum atomic E-state index is -0.520. The van der Waals surface area contributed by atoms with E-state index in [1.54, 1.807) is 11.0 Å². The van der Waals surface area contributed by atoms with Crippen LogP contribution >= 0.6 is 0 Å². The van der Waals surface area contributed by atoms with E-state index in [1.807, 2.05) is 68.4 Å². The number of rotatable bonds is 6. The van der Waals surface area contributed by atoms with Gasteiger partial charge in [0.15, 0.2) is 11.6 Å². The summed E-state index contributed by atoms with van der Waals surface area (Å²) in [5.41, 5.74) is 4.84. The van der Waals surface area contributed by atoms with Crippen molar-refractivity contribution in [3.8, 4) is 17.1 Å². The van der Waals surface area contributed by atoms with Crippen molar-refractivity contribution in [3.05, 3.63) is 107 Å². The number of carbonyl (C=O) groups excluding carboxylic acids is 1. The van der Waals surface area contributed by atoms with E-state index >= 15 is 0 Å². The highest BCUT2D eigenvalue weighted by atomic mass is 19.1. The van der Waals surface area contributed by atoms with Crippen LogP contribution in [0.1, 0.15) is 35.5 Å². The van der Waals surface area contributed by atoms with Crippen molar-refractivity contribution >= 4 is 11.6 Å². The standard InChI is InChI=1S/C28H25FN4O3/c1-17-9-7-8-12-21(17)16-33-18(2)24(25(30-28(33)34)19-10-5-4-6-11-19)27-31-26(32-36-27)20-13-14-23(35-3)22(29)15-20/h4-15,25H,16H2,1-3H3,(H,30,34). The van der Waals surface area contributed by atoms with Crippen LogP contribution < -0.4 is 10.1 Å². The van der Waals surface area contributed by atoms with Crippen LogP contribution in [-0.4, -0.2) is 28.2 Å². The Hall–Kier alpha value is -4.46. The maximum Gasteiger partial charge on any atom is 0.322 e. The quantitative estimate of drug-likeness (QED) is 0.369. The largest absolute Gasteiger partial charge is 0.494 e.